The number of piperazine rings is 1. The molecule has 1 saturated heterocycles. The van der Waals surface area contributed by atoms with Gasteiger partial charge in [0.25, 0.3) is 5.91 Å². The van der Waals surface area contributed by atoms with Crippen LogP contribution in [0.3, 0.4) is 0 Å². The molecule has 1 aromatic rings. The quantitative estimate of drug-likeness (QED) is 0.737. The number of rotatable bonds is 3. The van der Waals surface area contributed by atoms with Crippen LogP contribution in [0.2, 0.25) is 0 Å². The number of carbonyl (C=O) groups is 2. The molecule has 1 aliphatic heterocycles. The topological polar surface area (TPSA) is 86.9 Å². The maximum Gasteiger partial charge on any atom is 0.268 e. The summed E-state index contributed by atoms with van der Waals surface area (Å²) in [5.74, 6) is -0.185. The van der Waals surface area contributed by atoms with E-state index in [1.165, 1.54) is 0 Å². The number of hydrogen-bond donors (Lipinski definition) is 3. The molecule has 0 aromatic carbocycles. The Morgan fingerprint density at radius 1 is 1.28 bits per heavy atom. The van der Waals surface area contributed by atoms with E-state index in [0.717, 1.165) is 12.1 Å². The van der Waals surface area contributed by atoms with Gasteiger partial charge in [-0.3, -0.25) is 9.59 Å². The Hall–Kier alpha value is -2.63. The molecule has 0 spiro atoms. The van der Waals surface area contributed by atoms with Gasteiger partial charge in [-0.15, -0.1) is 0 Å². The summed E-state index contributed by atoms with van der Waals surface area (Å²) in [6, 6.07) is -0.507. The van der Waals surface area contributed by atoms with Crippen LogP contribution in [0.25, 0.3) is 6.08 Å². The molecule has 2 aliphatic rings. The van der Waals surface area contributed by atoms with Crippen molar-refractivity contribution >= 4 is 17.9 Å². The predicted molar refractivity (Wildman–Crippen MR) is 96.3 cm³/mol. The second kappa shape index (κ2) is 6.70. The van der Waals surface area contributed by atoms with Gasteiger partial charge in [-0.2, -0.15) is 0 Å². The number of H-pyrrole nitrogens is 1. The van der Waals surface area contributed by atoms with Crippen molar-refractivity contribution < 1.29 is 9.59 Å². The van der Waals surface area contributed by atoms with Crippen molar-refractivity contribution in [1.29, 1.82) is 0 Å². The highest BCUT2D eigenvalue weighted by molar-refractivity contribution is 6.07. The van der Waals surface area contributed by atoms with Crippen molar-refractivity contribution in [1.82, 2.24) is 20.6 Å². The zero-order valence-corrected chi connectivity index (χ0v) is 14.8. The van der Waals surface area contributed by atoms with E-state index in [1.54, 1.807) is 12.4 Å². The lowest BCUT2D eigenvalue weighted by atomic mass is 9.90. The molecular formula is C19H24N4O2. The molecule has 6 nitrogen and oxygen atoms in total. The number of aromatic amines is 1. The second-order valence-corrected chi connectivity index (χ2v) is 7.53. The zero-order valence-electron chi connectivity index (χ0n) is 14.8. The van der Waals surface area contributed by atoms with Crippen molar-refractivity contribution in [2.45, 2.75) is 45.1 Å². The Morgan fingerprint density at radius 3 is 2.76 bits per heavy atom. The number of allylic oxidation sites excluding steroid dienone is 4. The minimum absolute atomic E-state index is 0.137. The van der Waals surface area contributed by atoms with Crippen LogP contribution in [-0.4, -0.2) is 27.8 Å². The minimum Gasteiger partial charge on any atom is -0.348 e. The molecule has 1 aliphatic carbocycles. The second-order valence-electron chi connectivity index (χ2n) is 7.53. The third-order valence-corrected chi connectivity index (χ3v) is 4.43. The average Bonchev–Trinajstić information content (AvgIpc) is 3.02. The Kier molecular flexibility index (Phi) is 4.61. The highest BCUT2D eigenvalue weighted by atomic mass is 16.2. The number of hydrogen-bond acceptors (Lipinski definition) is 3. The molecular weight excluding hydrogens is 316 g/mol. The zero-order chi connectivity index (χ0) is 18.0. The smallest absolute Gasteiger partial charge is 0.268 e. The van der Waals surface area contributed by atoms with E-state index in [4.69, 9.17) is 0 Å². The molecule has 2 atom stereocenters. The van der Waals surface area contributed by atoms with Gasteiger partial charge in [-0.25, -0.2) is 4.98 Å². The average molecular weight is 340 g/mol. The fourth-order valence-corrected chi connectivity index (χ4v) is 3.11. The number of aromatic nitrogens is 2. The third-order valence-electron chi connectivity index (χ3n) is 4.43. The van der Waals surface area contributed by atoms with E-state index in [2.05, 4.69) is 53.5 Å². The summed E-state index contributed by atoms with van der Waals surface area (Å²) in [6.07, 6.45) is 12.8. The van der Waals surface area contributed by atoms with Crippen molar-refractivity contribution in [3.8, 4) is 0 Å². The summed E-state index contributed by atoms with van der Waals surface area (Å²) in [6.45, 7) is 6.18. The van der Waals surface area contributed by atoms with E-state index >= 15 is 0 Å². The van der Waals surface area contributed by atoms with Crippen LogP contribution in [0.15, 0.2) is 36.3 Å². The van der Waals surface area contributed by atoms with E-state index in [0.29, 0.717) is 12.1 Å². The standard InChI is InChI=1S/C19H24N4O2/c1-19(2,3)16-13(20-11-21-16)10-15-18(25)22-14(17(24)23-15)9-12-7-5-4-6-8-12/h4-7,10-12,14H,8-9H2,1-3H3,(H,20,21)(H,22,25)(H,23,24)/b15-10-. The molecule has 2 unspecified atom stereocenters. The van der Waals surface area contributed by atoms with Gasteiger partial charge in [0.1, 0.15) is 11.7 Å². The lowest BCUT2D eigenvalue weighted by molar-refractivity contribution is -0.131. The third kappa shape index (κ3) is 3.90. The highest BCUT2D eigenvalue weighted by Crippen LogP contribution is 2.25. The molecule has 6 heteroatoms. The first kappa shape index (κ1) is 17.2. The summed E-state index contributed by atoms with van der Waals surface area (Å²) in [5.41, 5.74) is 1.68. The first-order valence-corrected chi connectivity index (χ1v) is 8.55. The maximum atomic E-state index is 12.4. The van der Waals surface area contributed by atoms with Crippen LogP contribution in [0.5, 0.6) is 0 Å². The normalized spacial score (nSPS) is 25.2. The number of nitrogens with zero attached hydrogens (tertiary/aromatic N) is 1. The number of amides is 2. The van der Waals surface area contributed by atoms with Crippen LogP contribution in [0.4, 0.5) is 0 Å². The Balaban J connectivity index is 1.73. The number of imidazole rings is 1. The molecule has 0 radical (unpaired) electrons. The fraction of sp³-hybridized carbons (Fsp3) is 0.421. The lowest BCUT2D eigenvalue weighted by Crippen LogP contribution is -2.55. The van der Waals surface area contributed by atoms with Gasteiger partial charge in [0.2, 0.25) is 5.91 Å². The Bertz CT molecular complexity index is 765. The van der Waals surface area contributed by atoms with Crippen LogP contribution in [0.1, 0.15) is 45.0 Å². The van der Waals surface area contributed by atoms with Gasteiger partial charge in [-0.05, 0) is 24.8 Å². The van der Waals surface area contributed by atoms with Gasteiger partial charge < -0.3 is 15.6 Å². The number of nitrogens with one attached hydrogen (secondary N) is 3. The summed E-state index contributed by atoms with van der Waals surface area (Å²) < 4.78 is 0. The molecule has 1 fully saturated rings. The molecule has 132 valence electrons. The Morgan fingerprint density at radius 2 is 2.08 bits per heavy atom. The minimum atomic E-state index is -0.507. The molecule has 2 heterocycles. The molecule has 2 amide bonds. The van der Waals surface area contributed by atoms with Gasteiger partial charge in [-0.1, -0.05) is 45.1 Å². The van der Waals surface area contributed by atoms with Gasteiger partial charge >= 0.3 is 0 Å². The van der Waals surface area contributed by atoms with Gasteiger partial charge in [0.05, 0.1) is 12.0 Å². The molecule has 1 aromatic heterocycles. The Labute approximate surface area is 147 Å². The summed E-state index contributed by atoms with van der Waals surface area (Å²) in [4.78, 5) is 32.2. The fourth-order valence-electron chi connectivity index (χ4n) is 3.11. The first-order valence-electron chi connectivity index (χ1n) is 8.55. The molecule has 3 N–H and O–H groups in total. The van der Waals surface area contributed by atoms with Gasteiger partial charge in [0.15, 0.2) is 0 Å². The summed E-state index contributed by atoms with van der Waals surface area (Å²) in [5, 5.41) is 5.56. The van der Waals surface area contributed by atoms with E-state index in [9.17, 15) is 9.59 Å². The van der Waals surface area contributed by atoms with Crippen molar-refractivity contribution in [3.05, 3.63) is 47.7 Å². The van der Waals surface area contributed by atoms with Crippen molar-refractivity contribution in [2.24, 2.45) is 5.92 Å². The van der Waals surface area contributed by atoms with E-state index in [1.807, 2.05) is 12.2 Å². The first-order chi connectivity index (χ1) is 11.8. The van der Waals surface area contributed by atoms with E-state index < -0.39 is 6.04 Å². The maximum absolute atomic E-state index is 12.4. The molecule has 25 heavy (non-hydrogen) atoms. The highest BCUT2D eigenvalue weighted by Gasteiger charge is 2.31. The van der Waals surface area contributed by atoms with Crippen LogP contribution >= 0.6 is 0 Å². The van der Waals surface area contributed by atoms with Gasteiger partial charge in [0, 0.05) is 11.1 Å². The molecule has 3 rings (SSSR count). The summed E-state index contributed by atoms with van der Waals surface area (Å²) >= 11 is 0. The van der Waals surface area contributed by atoms with Crippen LogP contribution < -0.4 is 10.6 Å². The van der Waals surface area contributed by atoms with Crippen LogP contribution in [0, 0.1) is 5.92 Å². The monoisotopic (exact) mass is 340 g/mol. The van der Waals surface area contributed by atoms with Crippen LogP contribution in [-0.2, 0) is 15.0 Å². The number of carbonyl (C=O) groups excluding carboxylic acids is 2. The largest absolute Gasteiger partial charge is 0.348 e. The molecule has 0 saturated carbocycles. The predicted octanol–water partition coefficient (Wildman–Crippen LogP) is 2.19. The van der Waals surface area contributed by atoms with E-state index in [-0.39, 0.29) is 28.8 Å². The van der Waals surface area contributed by atoms with Crippen molar-refractivity contribution in [3.63, 3.8) is 0 Å². The lowest BCUT2D eigenvalue weighted by Gasteiger charge is -2.27. The van der Waals surface area contributed by atoms with Crippen molar-refractivity contribution in [2.75, 3.05) is 0 Å². The molecule has 0 bridgehead atoms. The SMILES string of the molecule is CC(C)(C)c1[nH]cnc1/C=C1\NC(=O)C(CC2C=CC=CC2)NC1=O. The summed E-state index contributed by atoms with van der Waals surface area (Å²) in [7, 11) is 0.